The van der Waals surface area contributed by atoms with Crippen molar-refractivity contribution in [2.45, 2.75) is 6.92 Å². The maximum Gasteiger partial charge on any atom is 0.327 e. The molecule has 0 spiro atoms. The smallest absolute Gasteiger partial charge is 0.327 e. The van der Waals surface area contributed by atoms with Gasteiger partial charge in [-0.2, -0.15) is 0 Å². The Bertz CT molecular complexity index is 77.8. The van der Waals surface area contributed by atoms with E-state index in [-0.39, 0.29) is 17.1 Å². The van der Waals surface area contributed by atoms with Gasteiger partial charge in [-0.25, -0.2) is 4.79 Å². The van der Waals surface area contributed by atoms with Gasteiger partial charge in [-0.05, 0) is 6.92 Å². The van der Waals surface area contributed by atoms with E-state index in [2.05, 4.69) is 0 Å². The van der Waals surface area contributed by atoms with Crippen LogP contribution in [0.2, 0.25) is 0 Å². The third-order valence-corrected chi connectivity index (χ3v) is 0.309. The average molecular weight is 150 g/mol. The summed E-state index contributed by atoms with van der Waals surface area (Å²) in [6, 6.07) is 0. The minimum Gasteiger partial charge on any atom is -0.478 e. The Morgan fingerprint density at radius 3 is 2.14 bits per heavy atom. The van der Waals surface area contributed by atoms with Crippen LogP contribution in [0.25, 0.3) is 0 Å². The number of hydrogen-bond donors (Lipinski definition) is 1. The molecule has 45 valence electrons. The summed E-state index contributed by atoms with van der Waals surface area (Å²) in [4.78, 5) is 9.51. The van der Waals surface area contributed by atoms with Crippen LogP contribution in [0.1, 0.15) is 6.92 Å². The summed E-state index contributed by atoms with van der Waals surface area (Å²) in [5.74, 6) is -0.891. The second-order valence-electron chi connectivity index (χ2n) is 0.838. The van der Waals surface area contributed by atoms with E-state index in [1.165, 1.54) is 6.08 Å². The Kier molecular flexibility index (Phi) is 8.08. The number of carboxylic acid groups (broad SMARTS) is 1. The molecule has 0 aromatic heterocycles. The Balaban J connectivity index is 0. The zero-order valence-electron chi connectivity index (χ0n) is 3.81. The molecular formula is C4H6CuO2. The predicted octanol–water partition coefficient (Wildman–Crippen LogP) is 0.645. The summed E-state index contributed by atoms with van der Waals surface area (Å²) >= 11 is 0. The minimum absolute atomic E-state index is 0. The van der Waals surface area contributed by atoms with Crippen LogP contribution >= 0.6 is 0 Å². The summed E-state index contributed by atoms with van der Waals surface area (Å²) in [7, 11) is 0. The maximum atomic E-state index is 9.51. The van der Waals surface area contributed by atoms with Crippen LogP contribution in [0.4, 0.5) is 0 Å². The van der Waals surface area contributed by atoms with Gasteiger partial charge in [0.25, 0.3) is 0 Å². The molecule has 1 radical (unpaired) electrons. The first-order valence-electron chi connectivity index (χ1n) is 1.63. The number of allylic oxidation sites excluding steroid dienone is 1. The number of carboxylic acids is 1. The van der Waals surface area contributed by atoms with Crippen molar-refractivity contribution < 1.29 is 27.0 Å². The fraction of sp³-hybridized carbons (Fsp3) is 0.250. The predicted molar refractivity (Wildman–Crippen MR) is 22.4 cm³/mol. The largest absolute Gasteiger partial charge is 0.478 e. The molecule has 7 heavy (non-hydrogen) atoms. The quantitative estimate of drug-likeness (QED) is 0.439. The van der Waals surface area contributed by atoms with Crippen LogP contribution in [0, 0.1) is 0 Å². The second kappa shape index (κ2) is 5.73. The van der Waals surface area contributed by atoms with E-state index >= 15 is 0 Å². The van der Waals surface area contributed by atoms with Crippen molar-refractivity contribution >= 4 is 5.97 Å². The molecule has 0 unspecified atom stereocenters. The van der Waals surface area contributed by atoms with Gasteiger partial charge in [-0.15, -0.1) is 0 Å². The van der Waals surface area contributed by atoms with Crippen molar-refractivity contribution in [1.29, 1.82) is 0 Å². The van der Waals surface area contributed by atoms with E-state index in [0.29, 0.717) is 0 Å². The summed E-state index contributed by atoms with van der Waals surface area (Å²) < 4.78 is 0. The van der Waals surface area contributed by atoms with E-state index < -0.39 is 5.97 Å². The van der Waals surface area contributed by atoms with Crippen LogP contribution in [-0.4, -0.2) is 11.1 Å². The van der Waals surface area contributed by atoms with E-state index in [4.69, 9.17) is 5.11 Å². The topological polar surface area (TPSA) is 37.3 Å². The van der Waals surface area contributed by atoms with Crippen molar-refractivity contribution in [3.63, 3.8) is 0 Å². The number of rotatable bonds is 1. The monoisotopic (exact) mass is 149 g/mol. The van der Waals surface area contributed by atoms with Crippen LogP contribution in [0.3, 0.4) is 0 Å². The van der Waals surface area contributed by atoms with Gasteiger partial charge >= 0.3 is 5.97 Å². The summed E-state index contributed by atoms with van der Waals surface area (Å²) in [5, 5.41) is 7.83. The van der Waals surface area contributed by atoms with Gasteiger partial charge in [0.15, 0.2) is 0 Å². The molecule has 0 aliphatic carbocycles. The Morgan fingerprint density at radius 2 is 2.14 bits per heavy atom. The molecule has 0 saturated carbocycles. The van der Waals surface area contributed by atoms with Gasteiger partial charge in [0.1, 0.15) is 0 Å². The molecule has 0 atom stereocenters. The molecular weight excluding hydrogens is 144 g/mol. The van der Waals surface area contributed by atoms with Gasteiger partial charge < -0.3 is 5.11 Å². The Morgan fingerprint density at radius 1 is 1.71 bits per heavy atom. The number of hydrogen-bond acceptors (Lipinski definition) is 1. The molecule has 0 amide bonds. The molecule has 3 heteroatoms. The molecule has 0 bridgehead atoms. The minimum atomic E-state index is -0.891. The molecule has 0 aliphatic rings. The molecule has 0 saturated heterocycles. The fourth-order valence-corrected chi connectivity index (χ4v) is 0.143. The van der Waals surface area contributed by atoms with Gasteiger partial charge in [-0.1, -0.05) is 6.08 Å². The zero-order valence-corrected chi connectivity index (χ0v) is 4.75. The summed E-state index contributed by atoms with van der Waals surface area (Å²) in [6.07, 6.45) is 2.56. The first-order valence-corrected chi connectivity index (χ1v) is 1.63. The molecule has 0 aromatic carbocycles. The molecule has 1 N–H and O–H groups in total. The SMILES string of the molecule is CC=CC(=O)O.[Cu]. The molecule has 0 fully saturated rings. The van der Waals surface area contributed by atoms with Crippen molar-refractivity contribution in [2.75, 3.05) is 0 Å². The molecule has 2 nitrogen and oxygen atoms in total. The Labute approximate surface area is 52.7 Å². The number of carbonyl (C=O) groups is 1. The van der Waals surface area contributed by atoms with Crippen molar-refractivity contribution in [3.8, 4) is 0 Å². The van der Waals surface area contributed by atoms with Crippen LogP contribution in [-0.2, 0) is 21.9 Å². The Hall–Kier alpha value is -0.271. The van der Waals surface area contributed by atoms with E-state index in [1.807, 2.05) is 0 Å². The first-order chi connectivity index (χ1) is 2.77. The van der Waals surface area contributed by atoms with Gasteiger partial charge in [0.05, 0.1) is 0 Å². The fourth-order valence-electron chi connectivity index (χ4n) is 0.143. The van der Waals surface area contributed by atoms with E-state index in [9.17, 15) is 4.79 Å². The second-order valence-corrected chi connectivity index (χ2v) is 0.838. The van der Waals surface area contributed by atoms with E-state index in [1.54, 1.807) is 6.92 Å². The number of aliphatic carboxylic acids is 1. The van der Waals surface area contributed by atoms with Crippen molar-refractivity contribution in [3.05, 3.63) is 12.2 Å². The molecule has 0 aliphatic heterocycles. The van der Waals surface area contributed by atoms with E-state index in [0.717, 1.165) is 6.08 Å². The molecule has 0 rings (SSSR count). The maximum absolute atomic E-state index is 9.51. The van der Waals surface area contributed by atoms with Crippen molar-refractivity contribution in [2.24, 2.45) is 0 Å². The van der Waals surface area contributed by atoms with Crippen LogP contribution in [0.15, 0.2) is 12.2 Å². The third-order valence-electron chi connectivity index (χ3n) is 0.309. The third kappa shape index (κ3) is 10.7. The first kappa shape index (κ1) is 9.88. The zero-order chi connectivity index (χ0) is 4.99. The normalized spacial score (nSPS) is 8.14. The van der Waals surface area contributed by atoms with Gasteiger partial charge in [0.2, 0.25) is 0 Å². The molecule has 0 heterocycles. The standard InChI is InChI=1S/C4H6O2.Cu/c1-2-3-4(5)6;/h2-3H,1H3,(H,5,6);. The summed E-state index contributed by atoms with van der Waals surface area (Å²) in [5.41, 5.74) is 0. The molecule has 0 aromatic rings. The van der Waals surface area contributed by atoms with Crippen molar-refractivity contribution in [1.82, 2.24) is 0 Å². The summed E-state index contributed by atoms with van der Waals surface area (Å²) in [6.45, 7) is 1.66. The van der Waals surface area contributed by atoms with Crippen LogP contribution < -0.4 is 0 Å². The van der Waals surface area contributed by atoms with Gasteiger partial charge in [0, 0.05) is 23.1 Å². The van der Waals surface area contributed by atoms with Gasteiger partial charge in [-0.3, -0.25) is 0 Å². The van der Waals surface area contributed by atoms with Crippen LogP contribution in [0.5, 0.6) is 0 Å². The average Bonchev–Trinajstić information content (AvgIpc) is 1.35.